The van der Waals surface area contributed by atoms with Gasteiger partial charge in [0.05, 0.1) is 10.6 Å². The number of benzene rings is 1. The standard InChI is InChI=1S/C11H7ClO4/c12-8-3-1-2-7-10(15)6(4-9(13)14)5-16-11(7)8/h1-4H,5H2,(H,13,14). The maximum atomic E-state index is 11.8. The van der Waals surface area contributed by atoms with Crippen molar-refractivity contribution >= 4 is 23.4 Å². The minimum atomic E-state index is -1.17. The molecule has 1 aromatic rings. The maximum absolute atomic E-state index is 11.8. The van der Waals surface area contributed by atoms with Crippen LogP contribution in [-0.4, -0.2) is 23.5 Å². The van der Waals surface area contributed by atoms with Gasteiger partial charge < -0.3 is 9.84 Å². The van der Waals surface area contributed by atoms with Gasteiger partial charge in [-0.25, -0.2) is 4.79 Å². The summed E-state index contributed by atoms with van der Waals surface area (Å²) in [6, 6.07) is 4.78. The molecule has 16 heavy (non-hydrogen) atoms. The van der Waals surface area contributed by atoms with Crippen molar-refractivity contribution in [2.45, 2.75) is 0 Å². The number of fused-ring (bicyclic) bond motifs is 1. The molecule has 0 fully saturated rings. The average molecular weight is 239 g/mol. The summed E-state index contributed by atoms with van der Waals surface area (Å²) in [6.07, 6.45) is 0.853. The summed E-state index contributed by atoms with van der Waals surface area (Å²) in [5.74, 6) is -1.21. The average Bonchev–Trinajstić information content (AvgIpc) is 2.23. The molecular weight excluding hydrogens is 232 g/mol. The van der Waals surface area contributed by atoms with Crippen LogP contribution in [0.3, 0.4) is 0 Å². The van der Waals surface area contributed by atoms with Crippen molar-refractivity contribution in [3.05, 3.63) is 40.4 Å². The minimum absolute atomic E-state index is 0.0676. The molecule has 0 aromatic heterocycles. The van der Waals surface area contributed by atoms with E-state index in [1.165, 1.54) is 0 Å². The van der Waals surface area contributed by atoms with E-state index < -0.39 is 5.97 Å². The Bertz CT molecular complexity index is 505. The third-order valence-electron chi connectivity index (χ3n) is 2.17. The molecule has 0 unspecified atom stereocenters. The molecule has 0 saturated carbocycles. The van der Waals surface area contributed by atoms with Crippen LogP contribution in [0.15, 0.2) is 29.8 Å². The van der Waals surface area contributed by atoms with Gasteiger partial charge in [0.15, 0.2) is 5.78 Å². The molecule has 1 aliphatic rings. The van der Waals surface area contributed by atoms with Gasteiger partial charge in [0.2, 0.25) is 0 Å². The van der Waals surface area contributed by atoms with Crippen LogP contribution in [0.25, 0.3) is 0 Å². The Kier molecular flexibility index (Phi) is 2.66. The minimum Gasteiger partial charge on any atom is -0.486 e. The van der Waals surface area contributed by atoms with E-state index in [1.54, 1.807) is 18.2 Å². The zero-order chi connectivity index (χ0) is 11.7. The Morgan fingerprint density at radius 1 is 1.50 bits per heavy atom. The fourth-order valence-corrected chi connectivity index (χ4v) is 1.71. The second-order valence-electron chi connectivity index (χ2n) is 3.24. The number of para-hydroxylation sites is 1. The van der Waals surface area contributed by atoms with Gasteiger partial charge in [0.25, 0.3) is 0 Å². The van der Waals surface area contributed by atoms with E-state index in [0.29, 0.717) is 16.3 Å². The SMILES string of the molecule is O=C(O)C=C1COc2c(Cl)cccc2C1=O. The van der Waals surface area contributed by atoms with E-state index >= 15 is 0 Å². The number of carbonyl (C=O) groups excluding carboxylic acids is 1. The van der Waals surface area contributed by atoms with Gasteiger partial charge in [-0.15, -0.1) is 0 Å². The summed E-state index contributed by atoms with van der Waals surface area (Å²) >= 11 is 5.85. The van der Waals surface area contributed by atoms with E-state index in [2.05, 4.69) is 0 Å². The molecule has 0 amide bonds. The summed E-state index contributed by atoms with van der Waals surface area (Å²) in [6.45, 7) is -0.0676. The van der Waals surface area contributed by atoms with Crippen LogP contribution in [0.2, 0.25) is 5.02 Å². The zero-order valence-electron chi connectivity index (χ0n) is 8.07. The lowest BCUT2D eigenvalue weighted by Crippen LogP contribution is -2.20. The summed E-state index contributed by atoms with van der Waals surface area (Å²) < 4.78 is 5.25. The van der Waals surface area contributed by atoms with Gasteiger partial charge in [0.1, 0.15) is 12.4 Å². The Labute approximate surface area is 96.1 Å². The van der Waals surface area contributed by atoms with Gasteiger partial charge in [-0.3, -0.25) is 4.79 Å². The number of carboxylic acids is 1. The number of carbonyl (C=O) groups is 2. The van der Waals surface area contributed by atoms with Crippen LogP contribution >= 0.6 is 11.6 Å². The molecule has 0 saturated heterocycles. The highest BCUT2D eigenvalue weighted by molar-refractivity contribution is 6.33. The molecule has 1 N–H and O–H groups in total. The number of carboxylic acid groups (broad SMARTS) is 1. The first-order chi connectivity index (χ1) is 7.59. The van der Waals surface area contributed by atoms with Crippen LogP contribution in [0.4, 0.5) is 0 Å². The zero-order valence-corrected chi connectivity index (χ0v) is 8.82. The number of ketones is 1. The molecule has 4 nitrogen and oxygen atoms in total. The van der Waals surface area contributed by atoms with Gasteiger partial charge in [0, 0.05) is 11.6 Å². The Hall–Kier alpha value is -1.81. The smallest absolute Gasteiger partial charge is 0.328 e. The molecule has 0 spiro atoms. The molecule has 82 valence electrons. The highest BCUT2D eigenvalue weighted by Gasteiger charge is 2.25. The largest absolute Gasteiger partial charge is 0.486 e. The van der Waals surface area contributed by atoms with Crippen molar-refractivity contribution in [1.82, 2.24) is 0 Å². The number of hydrogen-bond acceptors (Lipinski definition) is 3. The predicted octanol–water partition coefficient (Wildman–Crippen LogP) is 1.93. The fourth-order valence-electron chi connectivity index (χ4n) is 1.48. The second-order valence-corrected chi connectivity index (χ2v) is 3.65. The van der Waals surface area contributed by atoms with Crippen LogP contribution in [-0.2, 0) is 4.79 Å². The molecular formula is C11H7ClO4. The number of halogens is 1. The summed E-state index contributed by atoms with van der Waals surface area (Å²) in [5.41, 5.74) is 0.411. The molecule has 0 atom stereocenters. The third-order valence-corrected chi connectivity index (χ3v) is 2.47. The molecule has 0 bridgehead atoms. The Morgan fingerprint density at radius 3 is 2.94 bits per heavy atom. The van der Waals surface area contributed by atoms with Crippen LogP contribution in [0.5, 0.6) is 5.75 Å². The number of ether oxygens (including phenoxy) is 1. The second kappa shape index (κ2) is 3.98. The Morgan fingerprint density at radius 2 is 2.25 bits per heavy atom. The van der Waals surface area contributed by atoms with Crippen molar-refractivity contribution in [3.63, 3.8) is 0 Å². The Balaban J connectivity index is 2.48. The summed E-state index contributed by atoms with van der Waals surface area (Å²) in [5, 5.41) is 8.92. The highest BCUT2D eigenvalue weighted by Crippen LogP contribution is 2.33. The number of Topliss-reactive ketones (excluding diaryl/α,β-unsaturated/α-hetero) is 1. The van der Waals surface area contributed by atoms with E-state index in [-0.39, 0.29) is 18.0 Å². The quantitative estimate of drug-likeness (QED) is 0.760. The number of rotatable bonds is 1. The molecule has 2 rings (SSSR count). The maximum Gasteiger partial charge on any atom is 0.328 e. The molecule has 5 heteroatoms. The summed E-state index contributed by atoms with van der Waals surface area (Å²) in [7, 11) is 0. The highest BCUT2D eigenvalue weighted by atomic mass is 35.5. The lowest BCUT2D eigenvalue weighted by Gasteiger charge is -2.19. The van der Waals surface area contributed by atoms with E-state index in [0.717, 1.165) is 6.08 Å². The topological polar surface area (TPSA) is 63.6 Å². The van der Waals surface area contributed by atoms with Crippen LogP contribution < -0.4 is 4.74 Å². The first kappa shape index (κ1) is 10.7. The fraction of sp³-hybridized carbons (Fsp3) is 0.0909. The number of aliphatic carboxylic acids is 1. The lowest BCUT2D eigenvalue weighted by molar-refractivity contribution is -0.131. The molecule has 0 aliphatic carbocycles. The van der Waals surface area contributed by atoms with E-state index in [4.69, 9.17) is 21.4 Å². The van der Waals surface area contributed by atoms with Gasteiger partial charge >= 0.3 is 5.97 Å². The van der Waals surface area contributed by atoms with Gasteiger partial charge in [-0.2, -0.15) is 0 Å². The van der Waals surface area contributed by atoms with E-state index in [9.17, 15) is 9.59 Å². The predicted molar refractivity (Wildman–Crippen MR) is 57.0 cm³/mol. The van der Waals surface area contributed by atoms with Crippen LogP contribution in [0.1, 0.15) is 10.4 Å². The summed E-state index contributed by atoms with van der Waals surface area (Å²) in [4.78, 5) is 22.3. The van der Waals surface area contributed by atoms with E-state index in [1.807, 2.05) is 0 Å². The molecule has 1 aromatic carbocycles. The van der Waals surface area contributed by atoms with Crippen molar-refractivity contribution in [2.24, 2.45) is 0 Å². The van der Waals surface area contributed by atoms with Crippen molar-refractivity contribution < 1.29 is 19.4 Å². The lowest BCUT2D eigenvalue weighted by atomic mass is 10.0. The van der Waals surface area contributed by atoms with Crippen molar-refractivity contribution in [1.29, 1.82) is 0 Å². The molecule has 1 heterocycles. The van der Waals surface area contributed by atoms with Gasteiger partial charge in [-0.05, 0) is 12.1 Å². The molecule has 0 radical (unpaired) electrons. The first-order valence-electron chi connectivity index (χ1n) is 4.49. The van der Waals surface area contributed by atoms with Crippen molar-refractivity contribution in [2.75, 3.05) is 6.61 Å². The van der Waals surface area contributed by atoms with Crippen molar-refractivity contribution in [3.8, 4) is 5.75 Å². The number of hydrogen-bond donors (Lipinski definition) is 1. The third kappa shape index (κ3) is 1.79. The molecule has 1 aliphatic heterocycles. The monoisotopic (exact) mass is 238 g/mol. The first-order valence-corrected chi connectivity index (χ1v) is 4.87. The van der Waals surface area contributed by atoms with Crippen LogP contribution in [0, 0.1) is 0 Å². The normalized spacial score (nSPS) is 16.8. The van der Waals surface area contributed by atoms with Gasteiger partial charge in [-0.1, -0.05) is 17.7 Å².